The third-order valence-electron chi connectivity index (χ3n) is 2.54. The molecule has 21 heavy (non-hydrogen) atoms. The Balaban J connectivity index is 2.97. The second kappa shape index (κ2) is 7.49. The highest BCUT2D eigenvalue weighted by Crippen LogP contribution is 2.25. The van der Waals surface area contributed by atoms with E-state index in [1.165, 1.54) is 12.1 Å². The number of aliphatic carboxylic acids is 2. The Morgan fingerprint density at radius 2 is 1.90 bits per heavy atom. The van der Waals surface area contributed by atoms with Crippen LogP contribution in [0.15, 0.2) is 24.3 Å². The molecule has 1 aromatic carbocycles. The number of carbonyl (C=O) groups excluding carboxylic acids is 1. The number of hydrogen-bond acceptors (Lipinski definition) is 4. The molecule has 0 saturated carbocycles. The first kappa shape index (κ1) is 16.8. The number of carboxylic acid groups (broad SMARTS) is 2. The lowest BCUT2D eigenvalue weighted by atomic mass is 10.1. The molecule has 0 aromatic heterocycles. The molecule has 0 heterocycles. The second-order valence-corrected chi connectivity index (χ2v) is 4.56. The van der Waals surface area contributed by atoms with E-state index in [0.29, 0.717) is 5.06 Å². The van der Waals surface area contributed by atoms with Crippen molar-refractivity contribution in [2.75, 3.05) is 0 Å². The predicted octanol–water partition coefficient (Wildman–Crippen LogP) is 1.80. The minimum absolute atomic E-state index is 0.107. The van der Waals surface area contributed by atoms with Gasteiger partial charge in [-0.1, -0.05) is 23.7 Å². The van der Waals surface area contributed by atoms with Gasteiger partial charge in [0.25, 0.3) is 5.91 Å². The lowest BCUT2D eigenvalue weighted by molar-refractivity contribution is -0.177. The van der Waals surface area contributed by atoms with Crippen LogP contribution in [0.2, 0.25) is 5.02 Å². The number of hydroxylamine groups is 2. The van der Waals surface area contributed by atoms with Crippen molar-refractivity contribution in [1.82, 2.24) is 5.06 Å². The molecule has 0 spiro atoms. The zero-order chi connectivity index (χ0) is 16.0. The van der Waals surface area contributed by atoms with Gasteiger partial charge in [0.1, 0.15) is 0 Å². The Morgan fingerprint density at radius 3 is 2.38 bits per heavy atom. The van der Waals surface area contributed by atoms with Crippen LogP contribution in [0.1, 0.15) is 19.8 Å². The molecule has 2 N–H and O–H groups in total. The normalized spacial score (nSPS) is 11.5. The quantitative estimate of drug-likeness (QED) is 0.743. The zero-order valence-corrected chi connectivity index (χ0v) is 11.9. The van der Waals surface area contributed by atoms with Gasteiger partial charge in [-0.05, 0) is 18.6 Å². The summed E-state index contributed by atoms with van der Waals surface area (Å²) in [4.78, 5) is 38.6. The van der Waals surface area contributed by atoms with Crippen molar-refractivity contribution in [3.63, 3.8) is 0 Å². The number of amides is 1. The molecule has 0 bridgehead atoms. The number of benzene rings is 1. The highest BCUT2D eigenvalue weighted by molar-refractivity contribution is 6.32. The highest BCUT2D eigenvalue weighted by Gasteiger charge is 2.31. The first-order valence-electron chi connectivity index (χ1n) is 5.99. The van der Waals surface area contributed by atoms with E-state index < -0.39 is 30.3 Å². The van der Waals surface area contributed by atoms with Gasteiger partial charge in [-0.3, -0.25) is 9.59 Å². The maximum Gasteiger partial charge on any atom is 0.330 e. The third kappa shape index (κ3) is 4.96. The summed E-state index contributed by atoms with van der Waals surface area (Å²) in [6, 6.07) is 4.81. The number of nitrogens with zero attached hydrogens (tertiary/aromatic N) is 1. The predicted molar refractivity (Wildman–Crippen MR) is 72.9 cm³/mol. The average molecular weight is 316 g/mol. The number of hydrogen-bond donors (Lipinski definition) is 2. The fraction of sp³-hybridized carbons (Fsp3) is 0.308. The third-order valence-corrected chi connectivity index (χ3v) is 2.86. The molecule has 0 aliphatic rings. The first-order chi connectivity index (χ1) is 9.82. The van der Waals surface area contributed by atoms with Crippen molar-refractivity contribution < 1.29 is 29.4 Å². The summed E-state index contributed by atoms with van der Waals surface area (Å²) in [5, 5.41) is 18.6. The molecule has 0 fully saturated rings. The van der Waals surface area contributed by atoms with Gasteiger partial charge in [0, 0.05) is 13.3 Å². The van der Waals surface area contributed by atoms with Crippen LogP contribution in [0.3, 0.4) is 0 Å². The molecule has 0 aliphatic heterocycles. The zero-order valence-electron chi connectivity index (χ0n) is 11.2. The molecule has 1 atom stereocenters. The highest BCUT2D eigenvalue weighted by atomic mass is 35.5. The summed E-state index contributed by atoms with van der Waals surface area (Å²) < 4.78 is 0. The molecular formula is C13H14ClNO6. The van der Waals surface area contributed by atoms with Crippen LogP contribution in [0.5, 0.6) is 5.75 Å². The number of carbonyl (C=O) groups is 3. The summed E-state index contributed by atoms with van der Waals surface area (Å²) in [5.41, 5.74) is 0. The smallest absolute Gasteiger partial charge is 0.330 e. The summed E-state index contributed by atoms with van der Waals surface area (Å²) >= 11 is 5.88. The van der Waals surface area contributed by atoms with Crippen LogP contribution in [-0.4, -0.2) is 39.2 Å². The fourth-order valence-electron chi connectivity index (χ4n) is 1.57. The van der Waals surface area contributed by atoms with E-state index in [4.69, 9.17) is 26.7 Å². The van der Waals surface area contributed by atoms with Gasteiger partial charge in [0.2, 0.25) is 0 Å². The molecule has 7 nitrogen and oxygen atoms in total. The van der Waals surface area contributed by atoms with E-state index in [0.717, 1.165) is 6.92 Å². The molecule has 8 heteroatoms. The SMILES string of the molecule is CC(=O)N(Oc1ccccc1Cl)[C@@H](CCC(=O)O)C(=O)O. The Hall–Kier alpha value is -2.28. The van der Waals surface area contributed by atoms with Gasteiger partial charge in [-0.15, -0.1) is 0 Å². The summed E-state index contributed by atoms with van der Waals surface area (Å²) in [6.07, 6.45) is -0.693. The van der Waals surface area contributed by atoms with E-state index in [-0.39, 0.29) is 17.2 Å². The van der Waals surface area contributed by atoms with Gasteiger partial charge in [-0.2, -0.15) is 5.06 Å². The van der Waals surface area contributed by atoms with Gasteiger partial charge < -0.3 is 15.1 Å². The van der Waals surface area contributed by atoms with Crippen molar-refractivity contribution in [2.24, 2.45) is 0 Å². The number of para-hydroxylation sites is 1. The van der Waals surface area contributed by atoms with Crippen molar-refractivity contribution >= 4 is 29.4 Å². The van der Waals surface area contributed by atoms with Crippen LogP contribution in [0, 0.1) is 0 Å². The van der Waals surface area contributed by atoms with E-state index in [1.54, 1.807) is 12.1 Å². The van der Waals surface area contributed by atoms with Gasteiger partial charge in [0.05, 0.1) is 5.02 Å². The maximum absolute atomic E-state index is 11.6. The van der Waals surface area contributed by atoms with Crippen molar-refractivity contribution in [2.45, 2.75) is 25.8 Å². The lowest BCUT2D eigenvalue weighted by Crippen LogP contribution is -2.46. The Kier molecular flexibility index (Phi) is 5.98. The second-order valence-electron chi connectivity index (χ2n) is 4.15. The standard InChI is InChI=1S/C13H14ClNO6/c1-8(16)15(10(13(19)20)6-7-12(17)18)21-11-5-3-2-4-9(11)14/h2-5,10H,6-7H2,1H3,(H,17,18)(H,19,20)/t10-/m0/s1. The Bertz CT molecular complexity index is 547. The van der Waals surface area contributed by atoms with E-state index in [9.17, 15) is 14.4 Å². The van der Waals surface area contributed by atoms with Crippen LogP contribution < -0.4 is 4.84 Å². The maximum atomic E-state index is 11.6. The molecule has 1 aromatic rings. The summed E-state index contributed by atoms with van der Waals surface area (Å²) in [7, 11) is 0. The van der Waals surface area contributed by atoms with E-state index in [1.807, 2.05) is 0 Å². The first-order valence-corrected chi connectivity index (χ1v) is 6.37. The lowest BCUT2D eigenvalue weighted by Gasteiger charge is -2.27. The largest absolute Gasteiger partial charge is 0.481 e. The average Bonchev–Trinajstić information content (AvgIpc) is 2.38. The number of carboxylic acids is 2. The molecule has 114 valence electrons. The van der Waals surface area contributed by atoms with Crippen molar-refractivity contribution in [3.8, 4) is 5.75 Å². The van der Waals surface area contributed by atoms with Crippen molar-refractivity contribution in [1.29, 1.82) is 0 Å². The topological polar surface area (TPSA) is 104 Å². The molecule has 1 rings (SSSR count). The molecule has 1 amide bonds. The van der Waals surface area contributed by atoms with Gasteiger partial charge >= 0.3 is 11.9 Å². The summed E-state index contributed by atoms with van der Waals surface area (Å²) in [5.74, 6) is -3.09. The van der Waals surface area contributed by atoms with Crippen LogP contribution >= 0.6 is 11.6 Å². The molecule has 0 aliphatic carbocycles. The van der Waals surface area contributed by atoms with Crippen LogP contribution in [0.4, 0.5) is 0 Å². The molecular weight excluding hydrogens is 302 g/mol. The van der Waals surface area contributed by atoms with Crippen LogP contribution in [0.25, 0.3) is 0 Å². The molecule has 0 saturated heterocycles. The minimum Gasteiger partial charge on any atom is -0.481 e. The summed E-state index contributed by atoms with van der Waals surface area (Å²) in [6.45, 7) is 1.12. The molecule has 0 unspecified atom stereocenters. The Morgan fingerprint density at radius 1 is 1.29 bits per heavy atom. The fourth-order valence-corrected chi connectivity index (χ4v) is 1.74. The van der Waals surface area contributed by atoms with Crippen LogP contribution in [-0.2, 0) is 14.4 Å². The van der Waals surface area contributed by atoms with Crippen molar-refractivity contribution in [3.05, 3.63) is 29.3 Å². The Labute approximate surface area is 125 Å². The minimum atomic E-state index is -1.42. The number of rotatable bonds is 7. The van der Waals surface area contributed by atoms with E-state index in [2.05, 4.69) is 0 Å². The van der Waals surface area contributed by atoms with E-state index >= 15 is 0 Å². The van der Waals surface area contributed by atoms with Gasteiger partial charge in [-0.25, -0.2) is 4.79 Å². The monoisotopic (exact) mass is 315 g/mol. The number of halogens is 1. The molecule has 0 radical (unpaired) electrons. The van der Waals surface area contributed by atoms with Gasteiger partial charge in [0.15, 0.2) is 11.8 Å².